The molecule has 0 aliphatic rings. The summed E-state index contributed by atoms with van der Waals surface area (Å²) in [4.78, 5) is 27.4. The highest BCUT2D eigenvalue weighted by atomic mass is 35.5. The van der Waals surface area contributed by atoms with Crippen LogP contribution in [0.1, 0.15) is 38.8 Å². The first-order valence-electron chi connectivity index (χ1n) is 9.63. The molecule has 2 amide bonds. The highest BCUT2D eigenvalue weighted by Crippen LogP contribution is 2.18. The van der Waals surface area contributed by atoms with E-state index in [-0.39, 0.29) is 17.4 Å². The van der Waals surface area contributed by atoms with E-state index in [1.165, 1.54) is 11.8 Å². The number of thioether (sulfide) groups is 1. The summed E-state index contributed by atoms with van der Waals surface area (Å²) in [6, 6.07) is 16.8. The fourth-order valence-electron chi connectivity index (χ4n) is 2.76. The predicted molar refractivity (Wildman–Crippen MR) is 122 cm³/mol. The molecule has 0 bridgehead atoms. The summed E-state index contributed by atoms with van der Waals surface area (Å²) in [5, 5.41) is 3.67. The van der Waals surface area contributed by atoms with Crippen LogP contribution in [0.4, 0.5) is 0 Å². The first-order chi connectivity index (χ1) is 13.7. The standard InChI is InChI=1S/C23H29ClN2O2S/c1-17(22(28)25-23(2,3)4)26(14-18-8-6-5-7-9-18)21(27)16-29-15-19-10-12-20(24)13-11-19/h5-13,17H,14-16H2,1-4H3,(H,25,28)/t17-/m0/s1. The van der Waals surface area contributed by atoms with Gasteiger partial charge in [-0.1, -0.05) is 54.1 Å². The molecule has 1 N–H and O–H groups in total. The van der Waals surface area contributed by atoms with Gasteiger partial charge in [-0.15, -0.1) is 11.8 Å². The molecule has 2 aromatic rings. The lowest BCUT2D eigenvalue weighted by molar-refractivity contribution is -0.139. The summed E-state index contributed by atoms with van der Waals surface area (Å²) >= 11 is 7.45. The van der Waals surface area contributed by atoms with E-state index in [4.69, 9.17) is 11.6 Å². The zero-order chi connectivity index (χ0) is 21.4. The lowest BCUT2D eigenvalue weighted by Crippen LogP contribution is -2.52. The van der Waals surface area contributed by atoms with Gasteiger partial charge in [-0.3, -0.25) is 9.59 Å². The van der Waals surface area contributed by atoms with Gasteiger partial charge in [0.25, 0.3) is 0 Å². The van der Waals surface area contributed by atoms with Crippen molar-refractivity contribution < 1.29 is 9.59 Å². The minimum atomic E-state index is -0.557. The van der Waals surface area contributed by atoms with Crippen LogP contribution in [-0.2, 0) is 21.9 Å². The van der Waals surface area contributed by atoms with Gasteiger partial charge in [-0.2, -0.15) is 0 Å². The van der Waals surface area contributed by atoms with Gasteiger partial charge in [-0.25, -0.2) is 0 Å². The van der Waals surface area contributed by atoms with Crippen molar-refractivity contribution in [2.75, 3.05) is 5.75 Å². The van der Waals surface area contributed by atoms with Crippen LogP contribution >= 0.6 is 23.4 Å². The summed E-state index contributed by atoms with van der Waals surface area (Å²) in [6.07, 6.45) is 0. The maximum absolute atomic E-state index is 13.0. The third kappa shape index (κ3) is 8.11. The fourth-order valence-corrected chi connectivity index (χ4v) is 3.75. The van der Waals surface area contributed by atoms with Crippen LogP contribution in [-0.4, -0.2) is 34.0 Å². The molecule has 156 valence electrons. The van der Waals surface area contributed by atoms with Gasteiger partial charge < -0.3 is 10.2 Å². The minimum absolute atomic E-state index is 0.0515. The molecule has 4 nitrogen and oxygen atoms in total. The summed E-state index contributed by atoms with van der Waals surface area (Å²) in [5.74, 6) is 0.821. The molecule has 0 aromatic heterocycles. The Balaban J connectivity index is 2.05. The van der Waals surface area contributed by atoms with Crippen LogP contribution in [0.3, 0.4) is 0 Å². The van der Waals surface area contributed by atoms with E-state index in [1.54, 1.807) is 11.8 Å². The largest absolute Gasteiger partial charge is 0.350 e. The molecule has 2 aromatic carbocycles. The zero-order valence-electron chi connectivity index (χ0n) is 17.4. The van der Waals surface area contributed by atoms with E-state index >= 15 is 0 Å². The highest BCUT2D eigenvalue weighted by molar-refractivity contribution is 7.99. The van der Waals surface area contributed by atoms with E-state index in [1.807, 2.05) is 75.4 Å². The predicted octanol–water partition coefficient (Wildman–Crippen LogP) is 4.91. The number of nitrogens with zero attached hydrogens (tertiary/aromatic N) is 1. The van der Waals surface area contributed by atoms with E-state index in [2.05, 4.69) is 5.32 Å². The summed E-state index contributed by atoms with van der Waals surface area (Å²) in [6.45, 7) is 7.99. The Labute approximate surface area is 183 Å². The third-order valence-corrected chi connectivity index (χ3v) is 5.51. The Morgan fingerprint density at radius 3 is 2.24 bits per heavy atom. The van der Waals surface area contributed by atoms with Crippen LogP contribution in [0.15, 0.2) is 54.6 Å². The summed E-state index contributed by atoms with van der Waals surface area (Å²) < 4.78 is 0. The molecule has 0 saturated heterocycles. The molecule has 2 rings (SSSR count). The number of nitrogens with one attached hydrogen (secondary N) is 1. The number of hydrogen-bond donors (Lipinski definition) is 1. The average Bonchev–Trinajstić information content (AvgIpc) is 2.66. The van der Waals surface area contributed by atoms with Gasteiger partial charge in [0, 0.05) is 22.9 Å². The van der Waals surface area contributed by atoms with Gasteiger partial charge in [-0.05, 0) is 51.0 Å². The molecule has 0 aliphatic heterocycles. The highest BCUT2D eigenvalue weighted by Gasteiger charge is 2.28. The average molecular weight is 433 g/mol. The van der Waals surface area contributed by atoms with Crippen molar-refractivity contribution in [1.29, 1.82) is 0 Å². The van der Waals surface area contributed by atoms with Crippen LogP contribution in [0.25, 0.3) is 0 Å². The SMILES string of the molecule is C[C@@H](C(=O)NC(C)(C)C)N(Cc1ccccc1)C(=O)CSCc1ccc(Cl)cc1. The van der Waals surface area contributed by atoms with Crippen molar-refractivity contribution in [3.63, 3.8) is 0 Å². The molecule has 0 radical (unpaired) electrons. The number of halogens is 1. The van der Waals surface area contributed by atoms with Gasteiger partial charge in [0.05, 0.1) is 5.75 Å². The Hall–Kier alpha value is -1.98. The summed E-state index contributed by atoms with van der Waals surface area (Å²) in [5.41, 5.74) is 1.76. The number of amides is 2. The lowest BCUT2D eigenvalue weighted by atomic mass is 10.1. The lowest BCUT2D eigenvalue weighted by Gasteiger charge is -2.31. The van der Waals surface area contributed by atoms with E-state index < -0.39 is 6.04 Å². The molecule has 0 saturated carbocycles. The second kappa shape index (κ2) is 10.7. The molecule has 6 heteroatoms. The van der Waals surface area contributed by atoms with Crippen LogP contribution in [0, 0.1) is 0 Å². The normalized spacial score (nSPS) is 12.3. The van der Waals surface area contributed by atoms with Crippen molar-refractivity contribution in [2.24, 2.45) is 0 Å². The monoisotopic (exact) mass is 432 g/mol. The van der Waals surface area contributed by atoms with Crippen molar-refractivity contribution in [1.82, 2.24) is 10.2 Å². The number of rotatable bonds is 8. The second-order valence-electron chi connectivity index (χ2n) is 8.04. The topological polar surface area (TPSA) is 49.4 Å². The minimum Gasteiger partial charge on any atom is -0.350 e. The molecule has 0 heterocycles. The van der Waals surface area contributed by atoms with Crippen molar-refractivity contribution in [2.45, 2.75) is 51.6 Å². The van der Waals surface area contributed by atoms with Crippen molar-refractivity contribution in [3.8, 4) is 0 Å². The van der Waals surface area contributed by atoms with Crippen molar-refractivity contribution >= 4 is 35.2 Å². The van der Waals surface area contributed by atoms with Gasteiger partial charge >= 0.3 is 0 Å². The molecule has 0 unspecified atom stereocenters. The van der Waals surface area contributed by atoms with E-state index in [0.717, 1.165) is 11.1 Å². The maximum atomic E-state index is 13.0. The quantitative estimate of drug-likeness (QED) is 0.645. The van der Waals surface area contributed by atoms with E-state index in [0.29, 0.717) is 23.1 Å². The smallest absolute Gasteiger partial charge is 0.242 e. The molecule has 0 fully saturated rings. The molecule has 1 atom stereocenters. The Morgan fingerprint density at radius 1 is 1.03 bits per heavy atom. The Bertz CT molecular complexity index is 804. The number of carbonyl (C=O) groups excluding carboxylic acids is 2. The Morgan fingerprint density at radius 2 is 1.66 bits per heavy atom. The number of hydrogen-bond acceptors (Lipinski definition) is 3. The summed E-state index contributed by atoms with van der Waals surface area (Å²) in [7, 11) is 0. The second-order valence-corrected chi connectivity index (χ2v) is 9.46. The van der Waals surface area contributed by atoms with Crippen LogP contribution < -0.4 is 5.32 Å². The molecular weight excluding hydrogens is 404 g/mol. The van der Waals surface area contributed by atoms with Crippen LogP contribution in [0.5, 0.6) is 0 Å². The zero-order valence-corrected chi connectivity index (χ0v) is 19.0. The molecule has 0 aliphatic carbocycles. The number of carbonyl (C=O) groups is 2. The molecule has 0 spiro atoms. The number of benzene rings is 2. The molecular formula is C23H29ClN2O2S. The van der Waals surface area contributed by atoms with E-state index in [9.17, 15) is 9.59 Å². The first kappa shape index (κ1) is 23.3. The van der Waals surface area contributed by atoms with Gasteiger partial charge in [0.15, 0.2) is 0 Å². The van der Waals surface area contributed by atoms with Crippen molar-refractivity contribution in [3.05, 3.63) is 70.7 Å². The fraction of sp³-hybridized carbons (Fsp3) is 0.391. The maximum Gasteiger partial charge on any atom is 0.242 e. The third-order valence-electron chi connectivity index (χ3n) is 4.27. The van der Waals surface area contributed by atoms with Gasteiger partial charge in [0.1, 0.15) is 6.04 Å². The molecule has 29 heavy (non-hydrogen) atoms. The first-order valence-corrected chi connectivity index (χ1v) is 11.2. The van der Waals surface area contributed by atoms with Gasteiger partial charge in [0.2, 0.25) is 11.8 Å². The van der Waals surface area contributed by atoms with Crippen LogP contribution in [0.2, 0.25) is 5.02 Å². The Kier molecular flexibility index (Phi) is 8.60.